The molecular weight excluding hydrogens is 383 g/mol. The SMILES string of the molecule is COc1cc(CC(N)=O)c(Cl)cc1NC(=O)Nc1cnc(C#N)cn1.Cl. The molecule has 0 saturated heterocycles. The fourth-order valence-corrected chi connectivity index (χ4v) is 2.14. The van der Waals surface area contributed by atoms with E-state index in [-0.39, 0.29) is 35.4 Å². The molecular formula is C15H14Cl2N6O3. The third kappa shape index (κ3) is 5.47. The van der Waals surface area contributed by atoms with Crippen molar-refractivity contribution >= 4 is 47.5 Å². The zero-order valence-electron chi connectivity index (χ0n) is 13.4. The summed E-state index contributed by atoms with van der Waals surface area (Å²) >= 11 is 6.09. The van der Waals surface area contributed by atoms with Gasteiger partial charge in [-0.25, -0.2) is 14.8 Å². The fraction of sp³-hybridized carbons (Fsp3) is 0.133. The number of hydrogen-bond acceptors (Lipinski definition) is 6. The van der Waals surface area contributed by atoms with Gasteiger partial charge in [-0.15, -0.1) is 12.4 Å². The molecule has 0 bridgehead atoms. The normalized spacial score (nSPS) is 9.42. The monoisotopic (exact) mass is 396 g/mol. The van der Waals surface area contributed by atoms with E-state index >= 15 is 0 Å². The van der Waals surface area contributed by atoms with Crippen LogP contribution in [0, 0.1) is 11.3 Å². The number of primary amides is 1. The van der Waals surface area contributed by atoms with Gasteiger partial charge in [0.15, 0.2) is 11.5 Å². The number of hydrogen-bond donors (Lipinski definition) is 3. The van der Waals surface area contributed by atoms with Gasteiger partial charge >= 0.3 is 6.03 Å². The Morgan fingerprint density at radius 2 is 2.04 bits per heavy atom. The van der Waals surface area contributed by atoms with Gasteiger partial charge in [-0.05, 0) is 17.7 Å². The molecule has 0 spiro atoms. The number of urea groups is 1. The first-order valence-electron chi connectivity index (χ1n) is 6.87. The predicted molar refractivity (Wildman–Crippen MR) is 97.5 cm³/mol. The second-order valence-corrected chi connectivity index (χ2v) is 5.17. The molecule has 0 aliphatic carbocycles. The zero-order valence-corrected chi connectivity index (χ0v) is 15.0. The lowest BCUT2D eigenvalue weighted by molar-refractivity contribution is -0.117. The number of methoxy groups -OCH3 is 1. The number of benzene rings is 1. The van der Waals surface area contributed by atoms with E-state index in [0.29, 0.717) is 17.0 Å². The molecule has 4 N–H and O–H groups in total. The Balaban J connectivity index is 0.00000338. The Kier molecular flexibility index (Phi) is 7.58. The summed E-state index contributed by atoms with van der Waals surface area (Å²) in [5.74, 6) is -0.0737. The van der Waals surface area contributed by atoms with Gasteiger partial charge < -0.3 is 15.8 Å². The molecule has 2 aromatic rings. The van der Waals surface area contributed by atoms with Crippen LogP contribution in [0.4, 0.5) is 16.3 Å². The lowest BCUT2D eigenvalue weighted by Gasteiger charge is -2.13. The Bertz CT molecular complexity index is 852. The van der Waals surface area contributed by atoms with Gasteiger partial charge in [0, 0.05) is 5.02 Å². The van der Waals surface area contributed by atoms with Crippen molar-refractivity contribution in [2.24, 2.45) is 5.73 Å². The standard InChI is InChI=1S/C15H13ClN6O3.ClH/c1-25-12-2-8(3-13(18)23)10(16)4-11(12)21-15(24)22-14-7-19-9(5-17)6-20-14;/h2,4,6-7H,3H2,1H3,(H2,18,23)(H2,20,21,22,24);1H. The molecule has 1 heterocycles. The smallest absolute Gasteiger partial charge is 0.325 e. The van der Waals surface area contributed by atoms with Crippen molar-refractivity contribution < 1.29 is 14.3 Å². The average Bonchev–Trinajstić information content (AvgIpc) is 2.57. The number of ether oxygens (including phenoxy) is 1. The number of nitrogens with two attached hydrogens (primary N) is 1. The van der Waals surface area contributed by atoms with Gasteiger partial charge in [0.1, 0.15) is 11.8 Å². The van der Waals surface area contributed by atoms with Crippen molar-refractivity contribution in [3.8, 4) is 11.8 Å². The predicted octanol–water partition coefficient (Wildman–Crippen LogP) is 2.10. The van der Waals surface area contributed by atoms with Crippen LogP contribution in [-0.4, -0.2) is 29.0 Å². The number of carbonyl (C=O) groups excluding carboxylic acids is 2. The summed E-state index contributed by atoms with van der Waals surface area (Å²) in [7, 11) is 1.41. The van der Waals surface area contributed by atoms with E-state index < -0.39 is 11.9 Å². The van der Waals surface area contributed by atoms with E-state index in [2.05, 4.69) is 20.6 Å². The van der Waals surface area contributed by atoms with Crippen molar-refractivity contribution in [1.82, 2.24) is 9.97 Å². The summed E-state index contributed by atoms with van der Waals surface area (Å²) in [4.78, 5) is 30.8. The molecule has 2 rings (SSSR count). The van der Waals surface area contributed by atoms with E-state index in [9.17, 15) is 9.59 Å². The number of aromatic nitrogens is 2. The minimum Gasteiger partial charge on any atom is -0.495 e. The topological polar surface area (TPSA) is 143 Å². The Labute approximate surface area is 159 Å². The van der Waals surface area contributed by atoms with Crippen molar-refractivity contribution in [3.05, 3.63) is 40.8 Å². The summed E-state index contributed by atoms with van der Waals surface area (Å²) in [5.41, 5.74) is 6.06. The molecule has 9 nitrogen and oxygen atoms in total. The van der Waals surface area contributed by atoms with E-state index in [1.807, 2.05) is 6.07 Å². The largest absolute Gasteiger partial charge is 0.495 e. The van der Waals surface area contributed by atoms with Crippen LogP contribution >= 0.6 is 24.0 Å². The number of anilines is 2. The number of nitrogens with one attached hydrogen (secondary N) is 2. The Morgan fingerprint density at radius 3 is 2.58 bits per heavy atom. The number of nitriles is 1. The zero-order chi connectivity index (χ0) is 18.4. The first-order valence-corrected chi connectivity index (χ1v) is 7.25. The van der Waals surface area contributed by atoms with Gasteiger partial charge in [0.2, 0.25) is 5.91 Å². The molecule has 0 atom stereocenters. The maximum absolute atomic E-state index is 12.1. The average molecular weight is 397 g/mol. The highest BCUT2D eigenvalue weighted by Crippen LogP contribution is 2.31. The summed E-state index contributed by atoms with van der Waals surface area (Å²) in [6.45, 7) is 0. The molecule has 26 heavy (non-hydrogen) atoms. The van der Waals surface area contributed by atoms with Crippen LogP contribution in [-0.2, 0) is 11.2 Å². The summed E-state index contributed by atoms with van der Waals surface area (Å²) < 4.78 is 5.19. The highest BCUT2D eigenvalue weighted by atomic mass is 35.5. The maximum Gasteiger partial charge on any atom is 0.325 e. The summed E-state index contributed by atoms with van der Waals surface area (Å²) in [6, 6.07) is 4.17. The molecule has 1 aromatic heterocycles. The van der Waals surface area contributed by atoms with Crippen LogP contribution in [0.2, 0.25) is 5.02 Å². The van der Waals surface area contributed by atoms with Crippen LogP contribution in [0.25, 0.3) is 0 Å². The molecule has 11 heteroatoms. The second kappa shape index (κ2) is 9.41. The summed E-state index contributed by atoms with van der Waals surface area (Å²) in [6.07, 6.45) is 2.42. The highest BCUT2D eigenvalue weighted by molar-refractivity contribution is 6.32. The van der Waals surface area contributed by atoms with Crippen molar-refractivity contribution in [2.45, 2.75) is 6.42 Å². The lowest BCUT2D eigenvalue weighted by atomic mass is 10.1. The molecule has 0 unspecified atom stereocenters. The Morgan fingerprint density at radius 1 is 1.31 bits per heavy atom. The number of amides is 3. The van der Waals surface area contributed by atoms with Crippen molar-refractivity contribution in [1.29, 1.82) is 5.26 Å². The molecule has 0 saturated carbocycles. The number of nitrogens with zero attached hydrogens (tertiary/aromatic N) is 3. The molecule has 3 amide bonds. The van der Waals surface area contributed by atoms with E-state index in [1.165, 1.54) is 31.6 Å². The third-order valence-electron chi connectivity index (χ3n) is 2.99. The molecule has 0 aliphatic heterocycles. The molecule has 0 fully saturated rings. The van der Waals surface area contributed by atoms with Crippen LogP contribution < -0.4 is 21.1 Å². The van der Waals surface area contributed by atoms with Crippen LogP contribution in [0.1, 0.15) is 11.3 Å². The number of halogens is 2. The van der Waals surface area contributed by atoms with E-state index in [4.69, 9.17) is 27.3 Å². The van der Waals surface area contributed by atoms with Crippen LogP contribution in [0.5, 0.6) is 5.75 Å². The first-order chi connectivity index (χ1) is 11.9. The minimum atomic E-state index is -0.615. The van der Waals surface area contributed by atoms with Gasteiger partial charge in [-0.2, -0.15) is 5.26 Å². The molecule has 136 valence electrons. The van der Waals surface area contributed by atoms with Crippen molar-refractivity contribution in [2.75, 3.05) is 17.7 Å². The minimum absolute atomic E-state index is 0. The quantitative estimate of drug-likeness (QED) is 0.705. The second-order valence-electron chi connectivity index (χ2n) is 4.76. The van der Waals surface area contributed by atoms with Gasteiger partial charge in [0.25, 0.3) is 0 Å². The van der Waals surface area contributed by atoms with E-state index in [1.54, 1.807) is 0 Å². The molecule has 0 radical (unpaired) electrons. The van der Waals surface area contributed by atoms with E-state index in [0.717, 1.165) is 0 Å². The highest BCUT2D eigenvalue weighted by Gasteiger charge is 2.14. The summed E-state index contributed by atoms with van der Waals surface area (Å²) in [5, 5.41) is 13.9. The van der Waals surface area contributed by atoms with Crippen molar-refractivity contribution in [3.63, 3.8) is 0 Å². The molecule has 0 aliphatic rings. The first kappa shape index (κ1) is 21.0. The van der Waals surface area contributed by atoms with Gasteiger partial charge in [0.05, 0.1) is 31.6 Å². The van der Waals surface area contributed by atoms with Crippen LogP contribution in [0.3, 0.4) is 0 Å². The van der Waals surface area contributed by atoms with Crippen LogP contribution in [0.15, 0.2) is 24.5 Å². The Hall–Kier alpha value is -3.09. The van der Waals surface area contributed by atoms with Gasteiger partial charge in [-0.1, -0.05) is 11.6 Å². The fourth-order valence-electron chi connectivity index (χ4n) is 1.91. The maximum atomic E-state index is 12.1. The third-order valence-corrected chi connectivity index (χ3v) is 3.34. The molecule has 1 aromatic carbocycles. The number of carbonyl (C=O) groups is 2. The lowest BCUT2D eigenvalue weighted by Crippen LogP contribution is -2.21. The van der Waals surface area contributed by atoms with Gasteiger partial charge in [-0.3, -0.25) is 10.1 Å². The number of rotatable bonds is 5.